The van der Waals surface area contributed by atoms with Crippen molar-refractivity contribution < 1.29 is 23.5 Å². The van der Waals surface area contributed by atoms with Crippen LogP contribution in [0, 0.1) is 5.92 Å². The number of hydrogen-bond acceptors (Lipinski definition) is 5. The molecule has 2 aliphatic rings. The van der Waals surface area contributed by atoms with E-state index in [1.807, 2.05) is 0 Å². The number of hydrogen-bond donors (Lipinski definition) is 1. The van der Waals surface area contributed by atoms with Crippen LogP contribution in [0.15, 0.2) is 23.0 Å². The first kappa shape index (κ1) is 18.9. The van der Waals surface area contributed by atoms with Crippen molar-refractivity contribution in [2.45, 2.75) is 38.2 Å². The van der Waals surface area contributed by atoms with E-state index in [1.54, 1.807) is 11.0 Å². The highest BCUT2D eigenvalue weighted by atomic mass is 16.5. The number of rotatable bonds is 8. The van der Waals surface area contributed by atoms with Gasteiger partial charge in [-0.25, -0.2) is 0 Å². The molecule has 0 spiro atoms. The summed E-state index contributed by atoms with van der Waals surface area (Å²) in [5.41, 5.74) is 0.566. The molecule has 2 fully saturated rings. The largest absolute Gasteiger partial charge is 0.472 e. The van der Waals surface area contributed by atoms with Gasteiger partial charge >= 0.3 is 0 Å². The molecule has 0 saturated carbocycles. The number of carbonyl (C=O) groups excluding carboxylic acids is 2. The third-order valence-corrected chi connectivity index (χ3v) is 5.01. The second-order valence-electron chi connectivity index (χ2n) is 6.93. The average molecular weight is 364 g/mol. The molecule has 0 aromatic carbocycles. The molecule has 1 atom stereocenters. The van der Waals surface area contributed by atoms with Crippen molar-refractivity contribution in [3.05, 3.63) is 24.2 Å². The Morgan fingerprint density at radius 1 is 1.27 bits per heavy atom. The van der Waals surface area contributed by atoms with Crippen LogP contribution in [-0.2, 0) is 14.3 Å². The Hall–Kier alpha value is -1.86. The molecule has 2 amide bonds. The van der Waals surface area contributed by atoms with Gasteiger partial charge in [-0.05, 0) is 38.2 Å². The molecular weight excluding hydrogens is 336 g/mol. The summed E-state index contributed by atoms with van der Waals surface area (Å²) in [6.07, 6.45) is 7.61. The molecule has 7 heteroatoms. The molecule has 3 rings (SSSR count). The van der Waals surface area contributed by atoms with Gasteiger partial charge in [-0.1, -0.05) is 0 Å². The number of carbonyl (C=O) groups is 2. The maximum Gasteiger partial charge on any atom is 0.257 e. The number of furan rings is 1. The number of ether oxygens (including phenoxy) is 2. The van der Waals surface area contributed by atoms with Crippen LogP contribution in [0.4, 0.5) is 0 Å². The van der Waals surface area contributed by atoms with Gasteiger partial charge in [0, 0.05) is 38.8 Å². The smallest absolute Gasteiger partial charge is 0.257 e. The first-order valence-electron chi connectivity index (χ1n) is 9.52. The number of nitrogens with one attached hydrogen (secondary N) is 1. The number of piperidine rings is 1. The monoisotopic (exact) mass is 364 g/mol. The van der Waals surface area contributed by atoms with E-state index in [1.165, 1.54) is 12.5 Å². The topological polar surface area (TPSA) is 81.0 Å². The van der Waals surface area contributed by atoms with E-state index in [2.05, 4.69) is 5.32 Å². The molecule has 3 heterocycles. The second kappa shape index (κ2) is 9.73. The minimum absolute atomic E-state index is 0.0174. The molecule has 0 bridgehead atoms. The normalized spacial score (nSPS) is 21.1. The molecule has 2 aliphatic heterocycles. The van der Waals surface area contributed by atoms with Gasteiger partial charge in [0.05, 0.1) is 24.5 Å². The number of nitrogens with zero attached hydrogens (tertiary/aromatic N) is 1. The van der Waals surface area contributed by atoms with Gasteiger partial charge in [-0.2, -0.15) is 0 Å². The van der Waals surface area contributed by atoms with Crippen LogP contribution < -0.4 is 5.32 Å². The first-order valence-corrected chi connectivity index (χ1v) is 9.52. The molecular formula is C19H28N2O5. The van der Waals surface area contributed by atoms with E-state index in [-0.39, 0.29) is 23.8 Å². The van der Waals surface area contributed by atoms with Crippen molar-refractivity contribution in [2.24, 2.45) is 5.92 Å². The van der Waals surface area contributed by atoms with Crippen molar-refractivity contribution in [3.63, 3.8) is 0 Å². The summed E-state index contributed by atoms with van der Waals surface area (Å²) in [7, 11) is 0. The standard InChI is InChI=1S/C19H28N2O5/c22-18(20-7-2-10-24-14-17-3-1-11-26-17)15-4-8-21(9-5-15)19(23)16-6-12-25-13-16/h6,12-13,15,17H,1-5,7-11,14H2,(H,20,22). The quantitative estimate of drug-likeness (QED) is 0.712. The zero-order chi connectivity index (χ0) is 18.2. The van der Waals surface area contributed by atoms with Gasteiger partial charge in [0.2, 0.25) is 5.91 Å². The molecule has 144 valence electrons. The third kappa shape index (κ3) is 5.32. The predicted octanol–water partition coefficient (Wildman–Crippen LogP) is 1.83. The summed E-state index contributed by atoms with van der Waals surface area (Å²) in [5.74, 6) is 0.0387. The summed E-state index contributed by atoms with van der Waals surface area (Å²) < 4.78 is 16.0. The SMILES string of the molecule is O=C(NCCCOCC1CCCO1)C1CCN(C(=O)c2ccoc2)CC1. The molecule has 0 aliphatic carbocycles. The maximum absolute atomic E-state index is 12.3. The van der Waals surface area contributed by atoms with E-state index < -0.39 is 0 Å². The second-order valence-corrected chi connectivity index (χ2v) is 6.93. The van der Waals surface area contributed by atoms with Crippen LogP contribution in [0.1, 0.15) is 42.5 Å². The molecule has 26 heavy (non-hydrogen) atoms. The van der Waals surface area contributed by atoms with Crippen molar-refractivity contribution in [1.82, 2.24) is 10.2 Å². The fourth-order valence-corrected chi connectivity index (χ4v) is 3.43. The van der Waals surface area contributed by atoms with Crippen LogP contribution in [0.3, 0.4) is 0 Å². The van der Waals surface area contributed by atoms with Crippen molar-refractivity contribution in [1.29, 1.82) is 0 Å². The van der Waals surface area contributed by atoms with Gasteiger partial charge in [0.1, 0.15) is 6.26 Å². The Kier molecular flexibility index (Phi) is 7.08. The lowest BCUT2D eigenvalue weighted by atomic mass is 9.95. The van der Waals surface area contributed by atoms with Crippen molar-refractivity contribution >= 4 is 11.8 Å². The summed E-state index contributed by atoms with van der Waals surface area (Å²) in [6, 6.07) is 1.67. The average Bonchev–Trinajstić information content (AvgIpc) is 3.38. The Labute approximate surface area is 154 Å². The molecule has 7 nitrogen and oxygen atoms in total. The lowest BCUT2D eigenvalue weighted by Crippen LogP contribution is -2.43. The van der Waals surface area contributed by atoms with Gasteiger partial charge in [0.25, 0.3) is 5.91 Å². The summed E-state index contributed by atoms with van der Waals surface area (Å²) in [5, 5.41) is 2.98. The minimum Gasteiger partial charge on any atom is -0.472 e. The Morgan fingerprint density at radius 3 is 2.81 bits per heavy atom. The summed E-state index contributed by atoms with van der Waals surface area (Å²) in [6.45, 7) is 3.96. The third-order valence-electron chi connectivity index (χ3n) is 5.01. The molecule has 1 N–H and O–H groups in total. The van der Waals surface area contributed by atoms with Crippen LogP contribution >= 0.6 is 0 Å². The van der Waals surface area contributed by atoms with Crippen molar-refractivity contribution in [2.75, 3.05) is 39.5 Å². The van der Waals surface area contributed by atoms with Gasteiger partial charge in [0.15, 0.2) is 0 Å². The zero-order valence-electron chi connectivity index (χ0n) is 15.2. The highest BCUT2D eigenvalue weighted by Crippen LogP contribution is 2.19. The van der Waals surface area contributed by atoms with Gasteiger partial charge in [-0.3, -0.25) is 9.59 Å². The van der Waals surface area contributed by atoms with Crippen LogP contribution in [0.2, 0.25) is 0 Å². The van der Waals surface area contributed by atoms with Crippen molar-refractivity contribution in [3.8, 4) is 0 Å². The molecule has 2 saturated heterocycles. The fraction of sp³-hybridized carbons (Fsp3) is 0.684. The molecule has 1 unspecified atom stereocenters. The lowest BCUT2D eigenvalue weighted by Gasteiger charge is -2.31. The van der Waals surface area contributed by atoms with Crippen LogP contribution in [-0.4, -0.2) is 62.3 Å². The predicted molar refractivity (Wildman–Crippen MR) is 94.8 cm³/mol. The van der Waals surface area contributed by atoms with E-state index in [0.717, 1.165) is 25.9 Å². The molecule has 1 aromatic rings. The van der Waals surface area contributed by atoms with E-state index >= 15 is 0 Å². The van der Waals surface area contributed by atoms with Crippen LogP contribution in [0.25, 0.3) is 0 Å². The summed E-state index contributed by atoms with van der Waals surface area (Å²) >= 11 is 0. The minimum atomic E-state index is -0.0269. The number of likely N-dealkylation sites (tertiary alicyclic amines) is 1. The fourth-order valence-electron chi connectivity index (χ4n) is 3.43. The lowest BCUT2D eigenvalue weighted by molar-refractivity contribution is -0.126. The maximum atomic E-state index is 12.3. The van der Waals surface area contributed by atoms with Gasteiger partial charge < -0.3 is 24.1 Å². The molecule has 0 radical (unpaired) electrons. The Bertz CT molecular complexity index is 560. The summed E-state index contributed by atoms with van der Waals surface area (Å²) in [4.78, 5) is 26.3. The highest BCUT2D eigenvalue weighted by molar-refractivity contribution is 5.94. The van der Waals surface area contributed by atoms with E-state index in [9.17, 15) is 9.59 Å². The number of amides is 2. The molecule has 1 aromatic heterocycles. The van der Waals surface area contributed by atoms with E-state index in [4.69, 9.17) is 13.9 Å². The first-order chi connectivity index (χ1) is 12.7. The van der Waals surface area contributed by atoms with E-state index in [0.29, 0.717) is 51.3 Å². The highest BCUT2D eigenvalue weighted by Gasteiger charge is 2.27. The van der Waals surface area contributed by atoms with Gasteiger partial charge in [-0.15, -0.1) is 0 Å². The Balaban J connectivity index is 1.26. The zero-order valence-corrected chi connectivity index (χ0v) is 15.2. The van der Waals surface area contributed by atoms with Crippen LogP contribution in [0.5, 0.6) is 0 Å². The Morgan fingerprint density at radius 2 is 2.12 bits per heavy atom.